The first-order valence-electron chi connectivity index (χ1n) is 9.11. The Balaban J connectivity index is 1.70. The zero-order valence-corrected chi connectivity index (χ0v) is 18.8. The fourth-order valence-electron chi connectivity index (χ4n) is 3.18. The lowest BCUT2D eigenvalue weighted by molar-refractivity contribution is -0.115. The van der Waals surface area contributed by atoms with Gasteiger partial charge in [-0.25, -0.2) is 9.97 Å². The number of carbonyl (C=O) groups is 1. The van der Waals surface area contributed by atoms with E-state index in [0.29, 0.717) is 43.2 Å². The van der Waals surface area contributed by atoms with Gasteiger partial charge in [-0.3, -0.25) is 19.1 Å². The standard InChI is InChI=1S/C21H16Cl2N4O3S/c1-12(28)27(17-5-3-4-6-18(17)30-2)21-25-14(10-31-21)9-26-11-24-19-15(20(26)29)7-13(22)8-16(19)23/h3-8,10-11H,9H2,1-2H3. The second kappa shape index (κ2) is 8.66. The van der Waals surface area contributed by atoms with Crippen molar-refractivity contribution < 1.29 is 9.53 Å². The van der Waals surface area contributed by atoms with Gasteiger partial charge in [0, 0.05) is 17.3 Å². The van der Waals surface area contributed by atoms with Gasteiger partial charge in [-0.1, -0.05) is 35.3 Å². The number of hydrogen-bond donors (Lipinski definition) is 0. The molecule has 2 aromatic carbocycles. The highest BCUT2D eigenvalue weighted by Gasteiger charge is 2.21. The van der Waals surface area contributed by atoms with Crippen molar-refractivity contribution in [3.05, 3.63) is 74.2 Å². The van der Waals surface area contributed by atoms with Gasteiger partial charge in [-0.05, 0) is 24.3 Å². The highest BCUT2D eigenvalue weighted by Crippen LogP contribution is 2.35. The molecule has 10 heteroatoms. The van der Waals surface area contributed by atoms with Gasteiger partial charge < -0.3 is 4.74 Å². The zero-order valence-electron chi connectivity index (χ0n) is 16.5. The maximum Gasteiger partial charge on any atom is 0.261 e. The van der Waals surface area contributed by atoms with E-state index in [1.165, 1.54) is 34.1 Å². The molecule has 0 saturated heterocycles. The third-order valence-electron chi connectivity index (χ3n) is 4.55. The summed E-state index contributed by atoms with van der Waals surface area (Å²) in [5, 5.41) is 3.27. The zero-order chi connectivity index (χ0) is 22.1. The Hall–Kier alpha value is -2.94. The van der Waals surface area contributed by atoms with Gasteiger partial charge in [0.05, 0.1) is 47.3 Å². The summed E-state index contributed by atoms with van der Waals surface area (Å²) in [4.78, 5) is 35.6. The topological polar surface area (TPSA) is 77.3 Å². The van der Waals surface area contributed by atoms with Gasteiger partial charge in [-0.15, -0.1) is 11.3 Å². The molecule has 0 unspecified atom stereocenters. The second-order valence-corrected chi connectivity index (χ2v) is 8.29. The molecule has 0 aliphatic carbocycles. The molecule has 4 rings (SSSR count). The molecule has 2 aromatic heterocycles. The van der Waals surface area contributed by atoms with Crippen molar-refractivity contribution in [2.24, 2.45) is 0 Å². The van der Waals surface area contributed by atoms with Crippen molar-refractivity contribution in [3.8, 4) is 5.75 Å². The first-order valence-corrected chi connectivity index (χ1v) is 10.7. The summed E-state index contributed by atoms with van der Waals surface area (Å²) >= 11 is 13.5. The van der Waals surface area contributed by atoms with Crippen molar-refractivity contribution in [3.63, 3.8) is 0 Å². The largest absolute Gasteiger partial charge is 0.495 e. The maximum absolute atomic E-state index is 12.9. The summed E-state index contributed by atoms with van der Waals surface area (Å²) in [6, 6.07) is 10.3. The van der Waals surface area contributed by atoms with E-state index in [4.69, 9.17) is 27.9 Å². The van der Waals surface area contributed by atoms with Crippen LogP contribution in [0, 0.1) is 0 Å². The molecule has 0 radical (unpaired) electrons. The summed E-state index contributed by atoms with van der Waals surface area (Å²) in [6.07, 6.45) is 1.42. The van der Waals surface area contributed by atoms with Crippen molar-refractivity contribution in [1.29, 1.82) is 0 Å². The van der Waals surface area contributed by atoms with Gasteiger partial charge in [0.1, 0.15) is 5.75 Å². The van der Waals surface area contributed by atoms with Gasteiger partial charge in [-0.2, -0.15) is 0 Å². The third kappa shape index (κ3) is 4.14. The van der Waals surface area contributed by atoms with E-state index in [0.717, 1.165) is 0 Å². The Labute approximate surface area is 191 Å². The van der Waals surface area contributed by atoms with Crippen LogP contribution in [0.2, 0.25) is 10.0 Å². The number of anilines is 2. The van der Waals surface area contributed by atoms with Crippen molar-refractivity contribution in [2.75, 3.05) is 12.0 Å². The minimum atomic E-state index is -0.280. The molecule has 0 aliphatic heterocycles. The molecule has 4 aromatic rings. The quantitative estimate of drug-likeness (QED) is 0.410. The SMILES string of the molecule is COc1ccccc1N(C(C)=O)c1nc(Cn2cnc3c(Cl)cc(Cl)cc3c2=O)cs1. The number of rotatable bonds is 5. The number of ether oxygens (including phenoxy) is 1. The van der Waals surface area contributed by atoms with Crippen LogP contribution in [-0.2, 0) is 11.3 Å². The van der Waals surface area contributed by atoms with Crippen molar-refractivity contribution in [2.45, 2.75) is 13.5 Å². The Morgan fingerprint density at radius 2 is 2.03 bits per heavy atom. The average Bonchev–Trinajstić information content (AvgIpc) is 3.18. The molecule has 0 N–H and O–H groups in total. The van der Waals surface area contributed by atoms with Crippen LogP contribution in [0.4, 0.5) is 10.8 Å². The van der Waals surface area contributed by atoms with E-state index in [1.54, 1.807) is 36.8 Å². The molecule has 0 aliphatic rings. The Morgan fingerprint density at radius 1 is 1.26 bits per heavy atom. The van der Waals surface area contributed by atoms with Crippen LogP contribution in [0.5, 0.6) is 5.75 Å². The van der Waals surface area contributed by atoms with E-state index in [-0.39, 0.29) is 18.0 Å². The molecular weight excluding hydrogens is 459 g/mol. The predicted molar refractivity (Wildman–Crippen MR) is 123 cm³/mol. The molecule has 31 heavy (non-hydrogen) atoms. The number of hydrogen-bond acceptors (Lipinski definition) is 6. The number of amides is 1. The highest BCUT2D eigenvalue weighted by molar-refractivity contribution is 7.14. The van der Waals surface area contributed by atoms with E-state index in [2.05, 4.69) is 9.97 Å². The van der Waals surface area contributed by atoms with Crippen molar-refractivity contribution in [1.82, 2.24) is 14.5 Å². The summed E-state index contributed by atoms with van der Waals surface area (Å²) < 4.78 is 6.81. The lowest BCUT2D eigenvalue weighted by Crippen LogP contribution is -2.24. The Kier molecular flexibility index (Phi) is 5.95. The van der Waals surface area contributed by atoms with Crippen molar-refractivity contribution >= 4 is 62.2 Å². The molecule has 0 saturated carbocycles. The maximum atomic E-state index is 12.9. The predicted octanol–water partition coefficient (Wildman–Crippen LogP) is 4.90. The molecule has 0 atom stereocenters. The molecule has 0 fully saturated rings. The fraction of sp³-hybridized carbons (Fsp3) is 0.143. The van der Waals surface area contributed by atoms with E-state index in [1.807, 2.05) is 12.1 Å². The third-order valence-corrected chi connectivity index (χ3v) is 5.93. The van der Waals surface area contributed by atoms with Gasteiger partial charge in [0.25, 0.3) is 5.56 Å². The second-order valence-electron chi connectivity index (χ2n) is 6.61. The Morgan fingerprint density at radius 3 is 2.77 bits per heavy atom. The minimum absolute atomic E-state index is 0.181. The number of para-hydroxylation sites is 2. The van der Waals surface area contributed by atoms with Crippen LogP contribution >= 0.6 is 34.5 Å². The molecule has 0 spiro atoms. The monoisotopic (exact) mass is 474 g/mol. The average molecular weight is 475 g/mol. The number of benzene rings is 2. The highest BCUT2D eigenvalue weighted by atomic mass is 35.5. The number of thiazole rings is 1. The summed E-state index contributed by atoms with van der Waals surface area (Å²) in [6.45, 7) is 1.64. The van der Waals surface area contributed by atoms with Crippen LogP contribution in [0.1, 0.15) is 12.6 Å². The smallest absolute Gasteiger partial charge is 0.261 e. The molecule has 158 valence electrons. The van der Waals surface area contributed by atoms with Crippen LogP contribution in [0.3, 0.4) is 0 Å². The van der Waals surface area contributed by atoms with E-state index >= 15 is 0 Å². The van der Waals surface area contributed by atoms with E-state index < -0.39 is 0 Å². The lowest BCUT2D eigenvalue weighted by atomic mass is 10.2. The molecule has 2 heterocycles. The molecule has 7 nitrogen and oxygen atoms in total. The molecule has 1 amide bonds. The first kappa shape index (κ1) is 21.3. The first-order chi connectivity index (χ1) is 14.9. The molecular formula is C21H16Cl2N4O3S. The Bertz CT molecular complexity index is 1350. The summed E-state index contributed by atoms with van der Waals surface area (Å²) in [7, 11) is 1.54. The summed E-state index contributed by atoms with van der Waals surface area (Å²) in [5.41, 5.74) is 1.31. The van der Waals surface area contributed by atoms with Gasteiger partial charge in [0.2, 0.25) is 5.91 Å². The number of nitrogens with zero attached hydrogens (tertiary/aromatic N) is 4. The van der Waals surface area contributed by atoms with Gasteiger partial charge >= 0.3 is 0 Å². The number of fused-ring (bicyclic) bond motifs is 1. The number of halogens is 2. The lowest BCUT2D eigenvalue weighted by Gasteiger charge is -2.20. The normalized spacial score (nSPS) is 11.0. The summed E-state index contributed by atoms with van der Waals surface area (Å²) in [5.74, 6) is 0.345. The molecule has 0 bridgehead atoms. The number of carbonyl (C=O) groups excluding carboxylic acids is 1. The van der Waals surface area contributed by atoms with Crippen LogP contribution in [0.25, 0.3) is 10.9 Å². The van der Waals surface area contributed by atoms with Crippen LogP contribution < -0.4 is 15.2 Å². The number of aromatic nitrogens is 3. The number of methoxy groups -OCH3 is 1. The minimum Gasteiger partial charge on any atom is -0.495 e. The van der Waals surface area contributed by atoms with E-state index in [9.17, 15) is 9.59 Å². The van der Waals surface area contributed by atoms with Crippen LogP contribution in [-0.4, -0.2) is 27.6 Å². The van der Waals surface area contributed by atoms with Crippen LogP contribution in [0.15, 0.2) is 52.9 Å². The van der Waals surface area contributed by atoms with Gasteiger partial charge in [0.15, 0.2) is 5.13 Å². The fourth-order valence-corrected chi connectivity index (χ4v) is 4.59.